The topological polar surface area (TPSA) is 21.3 Å². The van der Waals surface area contributed by atoms with E-state index in [-0.39, 0.29) is 0 Å². The van der Waals surface area contributed by atoms with Gasteiger partial charge in [-0.25, -0.2) is 0 Å². The highest BCUT2D eigenvalue weighted by Gasteiger charge is 2.21. The highest BCUT2D eigenvalue weighted by molar-refractivity contribution is 5.40. The van der Waals surface area contributed by atoms with Crippen molar-refractivity contribution in [3.8, 4) is 5.75 Å². The first-order valence-corrected chi connectivity index (χ1v) is 7.77. The zero-order valence-electron chi connectivity index (χ0n) is 12.0. The van der Waals surface area contributed by atoms with Gasteiger partial charge >= 0.3 is 0 Å². The molecule has 0 aliphatic heterocycles. The lowest BCUT2D eigenvalue weighted by atomic mass is 10.1. The standard InChI is InChI=1S/C17H25NO/c1-13-5-4-8-15(11-18-16-9-10-16)17(13)19-12-14-6-2-3-7-14/h4-5,8,14,16,18H,2-3,6-7,9-12H2,1H3. The molecule has 0 radical (unpaired) electrons. The molecular formula is C17H25NO. The van der Waals surface area contributed by atoms with Gasteiger partial charge in [0.1, 0.15) is 5.75 Å². The Bertz CT molecular complexity index is 419. The van der Waals surface area contributed by atoms with E-state index in [4.69, 9.17) is 4.74 Å². The Hall–Kier alpha value is -1.02. The number of ether oxygens (including phenoxy) is 1. The summed E-state index contributed by atoms with van der Waals surface area (Å²) in [5, 5.41) is 3.59. The SMILES string of the molecule is Cc1cccc(CNC2CC2)c1OCC1CCCC1. The van der Waals surface area contributed by atoms with Gasteiger partial charge < -0.3 is 10.1 Å². The maximum Gasteiger partial charge on any atom is 0.126 e. The van der Waals surface area contributed by atoms with Gasteiger partial charge in [0.2, 0.25) is 0 Å². The lowest BCUT2D eigenvalue weighted by Gasteiger charge is -2.17. The van der Waals surface area contributed by atoms with Crippen LogP contribution in [-0.4, -0.2) is 12.6 Å². The first kappa shape index (κ1) is 13.0. The average Bonchev–Trinajstić information content (AvgIpc) is 3.10. The summed E-state index contributed by atoms with van der Waals surface area (Å²) < 4.78 is 6.16. The Labute approximate surface area is 116 Å². The molecule has 0 heterocycles. The summed E-state index contributed by atoms with van der Waals surface area (Å²) in [4.78, 5) is 0. The van der Waals surface area contributed by atoms with Crippen LogP contribution in [0, 0.1) is 12.8 Å². The highest BCUT2D eigenvalue weighted by Crippen LogP contribution is 2.29. The van der Waals surface area contributed by atoms with Crippen molar-refractivity contribution in [3.05, 3.63) is 29.3 Å². The molecule has 1 N–H and O–H groups in total. The summed E-state index contributed by atoms with van der Waals surface area (Å²) >= 11 is 0. The highest BCUT2D eigenvalue weighted by atomic mass is 16.5. The molecule has 104 valence electrons. The number of benzene rings is 1. The number of hydrogen-bond donors (Lipinski definition) is 1. The Morgan fingerprint density at radius 1 is 1.16 bits per heavy atom. The van der Waals surface area contributed by atoms with Gasteiger partial charge in [-0.1, -0.05) is 31.0 Å². The van der Waals surface area contributed by atoms with Crippen LogP contribution in [0.2, 0.25) is 0 Å². The summed E-state index contributed by atoms with van der Waals surface area (Å²) in [6, 6.07) is 7.25. The van der Waals surface area contributed by atoms with E-state index in [1.807, 2.05) is 0 Å². The summed E-state index contributed by atoms with van der Waals surface area (Å²) in [6.07, 6.45) is 8.15. The monoisotopic (exact) mass is 259 g/mol. The molecule has 0 saturated heterocycles. The normalized spacial score (nSPS) is 19.8. The largest absolute Gasteiger partial charge is 0.493 e. The van der Waals surface area contributed by atoms with Gasteiger partial charge in [-0.3, -0.25) is 0 Å². The van der Waals surface area contributed by atoms with Crippen molar-refractivity contribution in [1.82, 2.24) is 5.32 Å². The van der Waals surface area contributed by atoms with Gasteiger partial charge in [0.05, 0.1) is 6.61 Å². The molecule has 0 atom stereocenters. The van der Waals surface area contributed by atoms with Crippen LogP contribution >= 0.6 is 0 Å². The van der Waals surface area contributed by atoms with Crippen molar-refractivity contribution >= 4 is 0 Å². The maximum absolute atomic E-state index is 6.16. The minimum absolute atomic E-state index is 0.753. The lowest BCUT2D eigenvalue weighted by molar-refractivity contribution is 0.248. The van der Waals surface area contributed by atoms with Gasteiger partial charge in [-0.05, 0) is 44.1 Å². The predicted molar refractivity (Wildman–Crippen MR) is 78.5 cm³/mol. The van der Waals surface area contributed by atoms with E-state index < -0.39 is 0 Å². The molecule has 2 heteroatoms. The maximum atomic E-state index is 6.16. The molecule has 2 fully saturated rings. The second-order valence-electron chi connectivity index (χ2n) is 6.18. The molecule has 3 rings (SSSR count). The van der Waals surface area contributed by atoms with Crippen LogP contribution in [0.1, 0.15) is 49.7 Å². The number of nitrogens with one attached hydrogen (secondary N) is 1. The Morgan fingerprint density at radius 2 is 1.95 bits per heavy atom. The minimum atomic E-state index is 0.753. The van der Waals surface area contributed by atoms with Crippen LogP contribution in [0.25, 0.3) is 0 Å². The second-order valence-corrected chi connectivity index (χ2v) is 6.18. The molecule has 1 aromatic rings. The first-order chi connectivity index (χ1) is 9.33. The van der Waals surface area contributed by atoms with Gasteiger partial charge in [-0.2, -0.15) is 0 Å². The van der Waals surface area contributed by atoms with Crippen molar-refractivity contribution in [2.75, 3.05) is 6.61 Å². The number of aryl methyl sites for hydroxylation is 1. The Balaban J connectivity index is 1.62. The summed E-state index contributed by atoms with van der Waals surface area (Å²) in [7, 11) is 0. The van der Waals surface area contributed by atoms with Crippen molar-refractivity contribution < 1.29 is 4.74 Å². The predicted octanol–water partition coefficient (Wildman–Crippen LogP) is 3.82. The summed E-state index contributed by atoms with van der Waals surface area (Å²) in [5.41, 5.74) is 2.60. The third-order valence-corrected chi connectivity index (χ3v) is 4.39. The molecule has 0 aromatic heterocycles. The Kier molecular flexibility index (Phi) is 4.07. The van der Waals surface area contributed by atoms with Gasteiger partial charge in [0.15, 0.2) is 0 Å². The zero-order valence-corrected chi connectivity index (χ0v) is 12.0. The van der Waals surface area contributed by atoms with Gasteiger partial charge in [0, 0.05) is 18.2 Å². The quantitative estimate of drug-likeness (QED) is 0.838. The van der Waals surface area contributed by atoms with Crippen LogP contribution < -0.4 is 10.1 Å². The van der Waals surface area contributed by atoms with Crippen LogP contribution in [0.3, 0.4) is 0 Å². The number of rotatable bonds is 6. The number of para-hydroxylation sites is 1. The fourth-order valence-corrected chi connectivity index (χ4v) is 2.98. The molecule has 0 amide bonds. The van der Waals surface area contributed by atoms with E-state index in [1.165, 1.54) is 49.7 Å². The molecule has 0 spiro atoms. The molecule has 2 nitrogen and oxygen atoms in total. The van der Waals surface area contributed by atoms with Crippen LogP contribution in [0.15, 0.2) is 18.2 Å². The van der Waals surface area contributed by atoms with Gasteiger partial charge in [-0.15, -0.1) is 0 Å². The molecule has 2 aliphatic carbocycles. The van der Waals surface area contributed by atoms with Crippen molar-refractivity contribution in [2.45, 2.75) is 58.0 Å². The van der Waals surface area contributed by atoms with E-state index in [0.717, 1.165) is 30.9 Å². The first-order valence-electron chi connectivity index (χ1n) is 7.77. The molecular weight excluding hydrogens is 234 g/mol. The van der Waals surface area contributed by atoms with Crippen molar-refractivity contribution in [2.24, 2.45) is 5.92 Å². The summed E-state index contributed by atoms with van der Waals surface area (Å²) in [6.45, 7) is 4.01. The molecule has 0 unspecified atom stereocenters. The lowest BCUT2D eigenvalue weighted by Crippen LogP contribution is -2.17. The van der Waals surface area contributed by atoms with E-state index >= 15 is 0 Å². The minimum Gasteiger partial charge on any atom is -0.493 e. The van der Waals surface area contributed by atoms with Crippen molar-refractivity contribution in [1.29, 1.82) is 0 Å². The number of hydrogen-bond acceptors (Lipinski definition) is 2. The second kappa shape index (κ2) is 5.96. The van der Waals surface area contributed by atoms with Crippen molar-refractivity contribution in [3.63, 3.8) is 0 Å². The third kappa shape index (κ3) is 3.50. The smallest absolute Gasteiger partial charge is 0.126 e. The van der Waals surface area contributed by atoms with E-state index in [2.05, 4.69) is 30.4 Å². The molecule has 1 aromatic carbocycles. The molecule has 2 aliphatic rings. The zero-order chi connectivity index (χ0) is 13.1. The molecule has 0 bridgehead atoms. The van der Waals surface area contributed by atoms with Crippen LogP contribution in [0.5, 0.6) is 5.75 Å². The van der Waals surface area contributed by atoms with Crippen LogP contribution in [-0.2, 0) is 6.54 Å². The Morgan fingerprint density at radius 3 is 2.68 bits per heavy atom. The molecule has 19 heavy (non-hydrogen) atoms. The molecule has 2 saturated carbocycles. The van der Waals surface area contributed by atoms with E-state index in [9.17, 15) is 0 Å². The third-order valence-electron chi connectivity index (χ3n) is 4.39. The summed E-state index contributed by atoms with van der Waals surface area (Å²) in [5.74, 6) is 1.91. The van der Waals surface area contributed by atoms with E-state index in [0.29, 0.717) is 0 Å². The van der Waals surface area contributed by atoms with E-state index in [1.54, 1.807) is 0 Å². The fourth-order valence-electron chi connectivity index (χ4n) is 2.98. The average molecular weight is 259 g/mol. The van der Waals surface area contributed by atoms with Gasteiger partial charge in [0.25, 0.3) is 0 Å². The van der Waals surface area contributed by atoms with Crippen LogP contribution in [0.4, 0.5) is 0 Å². The fraction of sp³-hybridized carbons (Fsp3) is 0.647.